The molecule has 0 aliphatic carbocycles. The Hall–Kier alpha value is -0.493. The molecule has 1 aromatic heterocycles. The SMILES string of the molecule is CC1(C)COC(c2ccc(C(=O)C[Si](C)(C)C)s2)OC1. The van der Waals surface area contributed by atoms with Gasteiger partial charge in [-0.3, -0.25) is 4.79 Å². The van der Waals surface area contributed by atoms with Crippen molar-refractivity contribution in [1.82, 2.24) is 0 Å². The van der Waals surface area contributed by atoms with Gasteiger partial charge in [0.25, 0.3) is 0 Å². The summed E-state index contributed by atoms with van der Waals surface area (Å²) in [4.78, 5) is 14.1. The number of carbonyl (C=O) groups excluding carboxylic acids is 1. The number of ketones is 1. The summed E-state index contributed by atoms with van der Waals surface area (Å²) in [6.45, 7) is 12.3. The molecule has 2 rings (SSSR count). The van der Waals surface area contributed by atoms with Gasteiger partial charge in [-0.05, 0) is 12.1 Å². The smallest absolute Gasteiger partial charge is 0.193 e. The average Bonchev–Trinajstić information content (AvgIpc) is 2.76. The second kappa shape index (κ2) is 5.71. The fourth-order valence-electron chi connectivity index (χ4n) is 2.05. The van der Waals surface area contributed by atoms with Crippen LogP contribution in [-0.4, -0.2) is 27.1 Å². The molecule has 1 aliphatic heterocycles. The molecule has 0 saturated carbocycles. The van der Waals surface area contributed by atoms with E-state index in [0.29, 0.717) is 19.3 Å². The number of hydrogen-bond acceptors (Lipinski definition) is 4. The van der Waals surface area contributed by atoms with Crippen molar-refractivity contribution in [3.63, 3.8) is 0 Å². The number of ether oxygens (including phenoxy) is 2. The third kappa shape index (κ3) is 4.25. The number of Topliss-reactive ketones (excluding diaryl/α,β-unsaturated/α-hetero) is 1. The van der Waals surface area contributed by atoms with Crippen LogP contribution in [0.15, 0.2) is 12.1 Å². The Kier molecular flexibility index (Phi) is 4.54. The second-order valence-electron chi connectivity index (χ2n) is 7.48. The summed E-state index contributed by atoms with van der Waals surface area (Å²) in [6.07, 6.45) is -0.304. The first-order chi connectivity index (χ1) is 9.16. The zero-order valence-electron chi connectivity index (χ0n) is 13.0. The van der Waals surface area contributed by atoms with E-state index in [9.17, 15) is 4.79 Å². The topological polar surface area (TPSA) is 35.5 Å². The van der Waals surface area contributed by atoms with Gasteiger partial charge in [0.1, 0.15) is 0 Å². The highest BCUT2D eigenvalue weighted by Gasteiger charge is 2.30. The highest BCUT2D eigenvalue weighted by molar-refractivity contribution is 7.14. The Balaban J connectivity index is 2.01. The van der Waals surface area contributed by atoms with Crippen molar-refractivity contribution in [2.75, 3.05) is 13.2 Å². The van der Waals surface area contributed by atoms with E-state index in [1.165, 1.54) is 11.3 Å². The van der Waals surface area contributed by atoms with Crippen molar-refractivity contribution in [2.24, 2.45) is 5.41 Å². The van der Waals surface area contributed by atoms with Gasteiger partial charge >= 0.3 is 0 Å². The summed E-state index contributed by atoms with van der Waals surface area (Å²) in [5.41, 5.74) is 0.0737. The quantitative estimate of drug-likeness (QED) is 0.613. The van der Waals surface area contributed by atoms with Crippen LogP contribution in [0.1, 0.15) is 34.7 Å². The van der Waals surface area contributed by atoms with Gasteiger partial charge in [-0.25, -0.2) is 0 Å². The number of carbonyl (C=O) groups is 1. The van der Waals surface area contributed by atoms with Crippen molar-refractivity contribution in [3.8, 4) is 0 Å². The number of thiophene rings is 1. The molecule has 0 atom stereocenters. The normalized spacial score (nSPS) is 20.1. The van der Waals surface area contributed by atoms with Gasteiger partial charge < -0.3 is 9.47 Å². The van der Waals surface area contributed by atoms with E-state index in [2.05, 4.69) is 33.5 Å². The van der Waals surface area contributed by atoms with E-state index >= 15 is 0 Å². The molecule has 1 saturated heterocycles. The molecule has 3 nitrogen and oxygen atoms in total. The minimum Gasteiger partial charge on any atom is -0.347 e. The van der Waals surface area contributed by atoms with Crippen molar-refractivity contribution in [2.45, 2.75) is 45.8 Å². The van der Waals surface area contributed by atoms with Gasteiger partial charge in [0, 0.05) is 11.5 Å². The highest BCUT2D eigenvalue weighted by Crippen LogP contribution is 2.34. The summed E-state index contributed by atoms with van der Waals surface area (Å²) in [7, 11) is -1.36. The lowest BCUT2D eigenvalue weighted by Gasteiger charge is -2.34. The van der Waals surface area contributed by atoms with E-state index in [4.69, 9.17) is 9.47 Å². The third-order valence-corrected chi connectivity index (χ3v) is 5.61. The Morgan fingerprint density at radius 2 is 1.90 bits per heavy atom. The van der Waals surface area contributed by atoms with E-state index in [1.54, 1.807) is 0 Å². The monoisotopic (exact) mass is 312 g/mol. The molecule has 0 bridgehead atoms. The van der Waals surface area contributed by atoms with E-state index in [-0.39, 0.29) is 17.5 Å². The molecule has 1 fully saturated rings. The summed E-state index contributed by atoms with van der Waals surface area (Å²) >= 11 is 1.51. The molecule has 0 amide bonds. The van der Waals surface area contributed by atoms with Gasteiger partial charge in [0.05, 0.1) is 31.0 Å². The van der Waals surface area contributed by atoms with Gasteiger partial charge in [0.2, 0.25) is 0 Å². The molecular weight excluding hydrogens is 288 g/mol. The minimum atomic E-state index is -1.36. The lowest BCUT2D eigenvalue weighted by molar-refractivity contribution is -0.224. The van der Waals surface area contributed by atoms with Crippen LogP contribution in [0.4, 0.5) is 0 Å². The lowest BCUT2D eigenvalue weighted by Crippen LogP contribution is -2.33. The molecule has 0 unspecified atom stereocenters. The van der Waals surface area contributed by atoms with Crippen LogP contribution in [-0.2, 0) is 9.47 Å². The number of hydrogen-bond donors (Lipinski definition) is 0. The Morgan fingerprint density at radius 1 is 1.30 bits per heavy atom. The van der Waals surface area contributed by atoms with Crippen molar-refractivity contribution < 1.29 is 14.3 Å². The maximum absolute atomic E-state index is 12.2. The van der Waals surface area contributed by atoms with Crippen LogP contribution in [0.2, 0.25) is 25.7 Å². The lowest BCUT2D eigenvalue weighted by atomic mass is 9.96. The zero-order valence-corrected chi connectivity index (χ0v) is 14.8. The molecule has 5 heteroatoms. The molecular formula is C15H24O3SSi. The summed E-state index contributed by atoms with van der Waals surface area (Å²) in [5, 5.41) is 0. The van der Waals surface area contributed by atoms with Crippen LogP contribution < -0.4 is 0 Å². The first-order valence-corrected chi connectivity index (χ1v) is 11.5. The molecule has 1 aromatic rings. The second-order valence-corrected chi connectivity index (χ2v) is 14.1. The summed E-state index contributed by atoms with van der Waals surface area (Å²) < 4.78 is 11.5. The molecule has 0 spiro atoms. The molecule has 20 heavy (non-hydrogen) atoms. The largest absolute Gasteiger partial charge is 0.347 e. The van der Waals surface area contributed by atoms with Crippen LogP contribution in [0.25, 0.3) is 0 Å². The first kappa shape index (κ1) is 15.9. The maximum Gasteiger partial charge on any atom is 0.193 e. The Morgan fingerprint density at radius 3 is 2.45 bits per heavy atom. The fourth-order valence-corrected chi connectivity index (χ4v) is 4.28. The molecule has 112 valence electrons. The molecule has 2 heterocycles. The van der Waals surface area contributed by atoms with Gasteiger partial charge in [-0.1, -0.05) is 33.5 Å². The van der Waals surface area contributed by atoms with Crippen molar-refractivity contribution in [3.05, 3.63) is 21.9 Å². The average molecular weight is 313 g/mol. The van der Waals surface area contributed by atoms with Crippen LogP contribution in [0, 0.1) is 5.41 Å². The van der Waals surface area contributed by atoms with E-state index in [0.717, 1.165) is 9.75 Å². The van der Waals surface area contributed by atoms with Crippen molar-refractivity contribution in [1.29, 1.82) is 0 Å². The van der Waals surface area contributed by atoms with Crippen LogP contribution in [0.3, 0.4) is 0 Å². The van der Waals surface area contributed by atoms with Crippen LogP contribution >= 0.6 is 11.3 Å². The molecule has 0 aromatic carbocycles. The predicted molar refractivity (Wildman–Crippen MR) is 85.2 cm³/mol. The summed E-state index contributed by atoms with van der Waals surface area (Å²) in [6, 6.07) is 4.58. The van der Waals surface area contributed by atoms with E-state index in [1.807, 2.05) is 12.1 Å². The third-order valence-electron chi connectivity index (χ3n) is 3.08. The fraction of sp³-hybridized carbons (Fsp3) is 0.667. The summed E-state index contributed by atoms with van der Waals surface area (Å²) in [5.74, 6) is 0.261. The standard InChI is InChI=1S/C15H24O3SSi/c1-15(2)9-17-14(18-10-15)13-7-6-12(19-13)11(16)8-20(3,4)5/h6-7,14H,8-10H2,1-5H3. The molecule has 0 radical (unpaired) electrons. The first-order valence-electron chi connectivity index (χ1n) is 7.02. The van der Waals surface area contributed by atoms with Gasteiger partial charge in [-0.2, -0.15) is 0 Å². The Labute approximate surface area is 126 Å². The maximum atomic E-state index is 12.2. The van der Waals surface area contributed by atoms with Crippen molar-refractivity contribution >= 4 is 25.2 Å². The Bertz CT molecular complexity index is 478. The van der Waals surface area contributed by atoms with Gasteiger partial charge in [-0.15, -0.1) is 11.3 Å². The molecule has 0 N–H and O–H groups in total. The highest BCUT2D eigenvalue weighted by atomic mass is 32.1. The minimum absolute atomic E-state index is 0.0737. The van der Waals surface area contributed by atoms with E-state index < -0.39 is 8.07 Å². The van der Waals surface area contributed by atoms with Crippen LogP contribution in [0.5, 0.6) is 0 Å². The van der Waals surface area contributed by atoms with Gasteiger partial charge in [0.15, 0.2) is 12.1 Å². The zero-order chi connectivity index (χ0) is 15.0. The predicted octanol–water partition coefficient (Wildman–Crippen LogP) is 4.34. The number of rotatable bonds is 4. The molecule has 1 aliphatic rings.